The standard InChI is InChI=1S/C26H35N5O3/c1-3-29-16-18-30(19-17-29)23-10-6-4-8-21(23)28-26(33)31-14-12-20(13-15-31)25(32)27-22-9-5-7-11-24(22)34-2/h4-11,20H,3,12-19H2,1-2H3,(H,27,32)(H,28,33). The lowest BCUT2D eigenvalue weighted by molar-refractivity contribution is -0.121. The number of urea groups is 1. The summed E-state index contributed by atoms with van der Waals surface area (Å²) in [4.78, 5) is 32.4. The Hall–Kier alpha value is -3.26. The van der Waals surface area contributed by atoms with Crippen LogP contribution in [0, 0.1) is 5.92 Å². The van der Waals surface area contributed by atoms with Crippen molar-refractivity contribution in [1.29, 1.82) is 0 Å². The third-order valence-corrected chi connectivity index (χ3v) is 6.82. The highest BCUT2D eigenvalue weighted by atomic mass is 16.5. The first-order chi connectivity index (χ1) is 16.6. The van der Waals surface area contributed by atoms with Gasteiger partial charge in [-0.05, 0) is 43.7 Å². The smallest absolute Gasteiger partial charge is 0.321 e. The summed E-state index contributed by atoms with van der Waals surface area (Å²) < 4.78 is 5.32. The summed E-state index contributed by atoms with van der Waals surface area (Å²) in [7, 11) is 1.59. The summed E-state index contributed by atoms with van der Waals surface area (Å²) in [6.45, 7) is 8.32. The Morgan fingerprint density at radius 1 is 0.882 bits per heavy atom. The molecule has 2 aromatic carbocycles. The molecule has 0 aliphatic carbocycles. The Kier molecular flexibility index (Phi) is 7.90. The van der Waals surface area contributed by atoms with E-state index in [1.54, 1.807) is 12.0 Å². The van der Waals surface area contributed by atoms with E-state index in [0.29, 0.717) is 37.4 Å². The Morgan fingerprint density at radius 3 is 2.21 bits per heavy atom. The van der Waals surface area contributed by atoms with Crippen molar-refractivity contribution in [2.24, 2.45) is 5.92 Å². The Bertz CT molecular complexity index is 982. The number of hydrogen-bond donors (Lipinski definition) is 2. The van der Waals surface area contributed by atoms with Crippen LogP contribution in [0.1, 0.15) is 19.8 Å². The van der Waals surface area contributed by atoms with Gasteiger partial charge in [0.05, 0.1) is 24.2 Å². The van der Waals surface area contributed by atoms with Gasteiger partial charge in [-0.2, -0.15) is 0 Å². The van der Waals surface area contributed by atoms with Gasteiger partial charge in [-0.25, -0.2) is 4.79 Å². The van der Waals surface area contributed by atoms with Crippen molar-refractivity contribution < 1.29 is 14.3 Å². The van der Waals surface area contributed by atoms with Crippen molar-refractivity contribution >= 4 is 29.0 Å². The van der Waals surface area contributed by atoms with Gasteiger partial charge in [-0.3, -0.25) is 4.79 Å². The Labute approximate surface area is 201 Å². The zero-order chi connectivity index (χ0) is 23.9. The van der Waals surface area contributed by atoms with Gasteiger partial charge in [-0.1, -0.05) is 31.2 Å². The van der Waals surface area contributed by atoms with Crippen molar-refractivity contribution in [3.05, 3.63) is 48.5 Å². The number of likely N-dealkylation sites (N-methyl/N-ethyl adjacent to an activating group) is 1. The molecule has 0 spiro atoms. The number of para-hydroxylation sites is 4. The first-order valence-electron chi connectivity index (χ1n) is 12.1. The molecule has 2 N–H and O–H groups in total. The molecule has 0 radical (unpaired) electrons. The van der Waals surface area contributed by atoms with Gasteiger partial charge in [-0.15, -0.1) is 0 Å². The van der Waals surface area contributed by atoms with Crippen molar-refractivity contribution in [1.82, 2.24) is 9.80 Å². The molecule has 8 heteroatoms. The van der Waals surface area contributed by atoms with Crippen molar-refractivity contribution in [3.8, 4) is 5.75 Å². The maximum absolute atomic E-state index is 13.0. The number of anilines is 3. The molecular formula is C26H35N5O3. The van der Waals surface area contributed by atoms with Crippen LogP contribution in [0.5, 0.6) is 5.75 Å². The topological polar surface area (TPSA) is 77.2 Å². The molecule has 0 saturated carbocycles. The molecule has 182 valence electrons. The normalized spacial score (nSPS) is 17.4. The lowest BCUT2D eigenvalue weighted by Gasteiger charge is -2.37. The van der Waals surface area contributed by atoms with Gasteiger partial charge in [0.2, 0.25) is 5.91 Å². The molecule has 2 fully saturated rings. The Morgan fingerprint density at radius 2 is 1.53 bits per heavy atom. The van der Waals surface area contributed by atoms with E-state index in [9.17, 15) is 9.59 Å². The van der Waals surface area contributed by atoms with E-state index >= 15 is 0 Å². The van der Waals surface area contributed by atoms with Crippen molar-refractivity contribution in [2.75, 3.05) is 68.5 Å². The fourth-order valence-corrected chi connectivity index (χ4v) is 4.68. The number of nitrogens with zero attached hydrogens (tertiary/aromatic N) is 3. The second-order valence-electron chi connectivity index (χ2n) is 8.82. The quantitative estimate of drug-likeness (QED) is 0.680. The highest BCUT2D eigenvalue weighted by molar-refractivity contribution is 5.95. The van der Waals surface area contributed by atoms with Gasteiger partial charge >= 0.3 is 6.03 Å². The minimum Gasteiger partial charge on any atom is -0.495 e. The number of piperidine rings is 1. The van der Waals surface area contributed by atoms with Crippen LogP contribution in [0.4, 0.5) is 21.9 Å². The van der Waals surface area contributed by atoms with E-state index in [1.807, 2.05) is 42.5 Å². The molecule has 2 aliphatic rings. The van der Waals surface area contributed by atoms with Crippen LogP contribution in [0.15, 0.2) is 48.5 Å². The molecule has 4 rings (SSSR count). The number of amides is 3. The molecule has 0 atom stereocenters. The highest BCUT2D eigenvalue weighted by Crippen LogP contribution is 2.29. The molecule has 8 nitrogen and oxygen atoms in total. The molecule has 2 aliphatic heterocycles. The van der Waals surface area contributed by atoms with Crippen LogP contribution in [0.25, 0.3) is 0 Å². The SMILES string of the molecule is CCN1CCN(c2ccccc2NC(=O)N2CCC(C(=O)Nc3ccccc3OC)CC2)CC1. The molecule has 0 aromatic heterocycles. The van der Waals surface area contributed by atoms with Crippen LogP contribution in [0.3, 0.4) is 0 Å². The molecule has 2 aromatic rings. The van der Waals surface area contributed by atoms with Gasteiger partial charge in [0.25, 0.3) is 0 Å². The summed E-state index contributed by atoms with van der Waals surface area (Å²) in [6.07, 6.45) is 1.27. The molecule has 3 amide bonds. The number of rotatable bonds is 6. The van der Waals surface area contributed by atoms with E-state index in [4.69, 9.17) is 4.74 Å². The molecule has 0 unspecified atom stereocenters. The van der Waals surface area contributed by atoms with Crippen LogP contribution in [-0.4, -0.2) is 74.7 Å². The third kappa shape index (κ3) is 5.62. The Balaban J connectivity index is 1.31. The summed E-state index contributed by atoms with van der Waals surface area (Å²) in [5.74, 6) is 0.486. The fourth-order valence-electron chi connectivity index (χ4n) is 4.68. The van der Waals surface area contributed by atoms with Crippen LogP contribution >= 0.6 is 0 Å². The minimum absolute atomic E-state index is 0.0267. The zero-order valence-electron chi connectivity index (χ0n) is 20.1. The van der Waals surface area contributed by atoms with Crippen LogP contribution in [-0.2, 0) is 4.79 Å². The zero-order valence-corrected chi connectivity index (χ0v) is 20.1. The second kappa shape index (κ2) is 11.2. The third-order valence-electron chi connectivity index (χ3n) is 6.82. The monoisotopic (exact) mass is 465 g/mol. The molecular weight excluding hydrogens is 430 g/mol. The average Bonchev–Trinajstić information content (AvgIpc) is 2.89. The number of piperazine rings is 1. The first-order valence-corrected chi connectivity index (χ1v) is 12.1. The maximum Gasteiger partial charge on any atom is 0.321 e. The number of ether oxygens (including phenoxy) is 1. The number of benzene rings is 2. The number of methoxy groups -OCH3 is 1. The van der Waals surface area contributed by atoms with Gasteiger partial charge in [0, 0.05) is 45.2 Å². The minimum atomic E-state index is -0.129. The molecule has 34 heavy (non-hydrogen) atoms. The van der Waals surface area contributed by atoms with Gasteiger partial charge in [0.15, 0.2) is 0 Å². The van der Waals surface area contributed by atoms with Gasteiger partial charge in [0.1, 0.15) is 5.75 Å². The molecule has 2 heterocycles. The van der Waals surface area contributed by atoms with E-state index in [-0.39, 0.29) is 17.9 Å². The maximum atomic E-state index is 13.0. The van der Waals surface area contributed by atoms with E-state index < -0.39 is 0 Å². The molecule has 0 bridgehead atoms. The van der Waals surface area contributed by atoms with Crippen LogP contribution in [0.2, 0.25) is 0 Å². The summed E-state index contributed by atoms with van der Waals surface area (Å²) in [5, 5.41) is 6.09. The summed E-state index contributed by atoms with van der Waals surface area (Å²) in [5.41, 5.74) is 2.58. The summed E-state index contributed by atoms with van der Waals surface area (Å²) in [6, 6.07) is 15.3. The highest BCUT2D eigenvalue weighted by Gasteiger charge is 2.28. The van der Waals surface area contributed by atoms with E-state index in [0.717, 1.165) is 44.1 Å². The predicted molar refractivity (Wildman–Crippen MR) is 136 cm³/mol. The second-order valence-corrected chi connectivity index (χ2v) is 8.82. The molecule has 2 saturated heterocycles. The average molecular weight is 466 g/mol. The van der Waals surface area contributed by atoms with Crippen LogP contribution < -0.4 is 20.3 Å². The predicted octanol–water partition coefficient (Wildman–Crippen LogP) is 3.72. The summed E-state index contributed by atoms with van der Waals surface area (Å²) >= 11 is 0. The lowest BCUT2D eigenvalue weighted by atomic mass is 9.96. The first kappa shape index (κ1) is 23.9. The number of likely N-dealkylation sites (tertiary alicyclic amines) is 1. The number of hydrogen-bond acceptors (Lipinski definition) is 5. The largest absolute Gasteiger partial charge is 0.495 e. The lowest BCUT2D eigenvalue weighted by Crippen LogP contribution is -2.46. The number of carbonyl (C=O) groups is 2. The van der Waals surface area contributed by atoms with Crippen molar-refractivity contribution in [3.63, 3.8) is 0 Å². The van der Waals surface area contributed by atoms with Gasteiger partial charge < -0.3 is 30.1 Å². The fraction of sp³-hybridized carbons (Fsp3) is 0.462. The number of nitrogens with one attached hydrogen (secondary N) is 2. The van der Waals surface area contributed by atoms with E-state index in [1.165, 1.54) is 0 Å². The number of carbonyl (C=O) groups excluding carboxylic acids is 2. The van der Waals surface area contributed by atoms with Crippen molar-refractivity contribution in [2.45, 2.75) is 19.8 Å². The van der Waals surface area contributed by atoms with E-state index in [2.05, 4.69) is 33.4 Å².